The van der Waals surface area contributed by atoms with Gasteiger partial charge < -0.3 is 15.7 Å². The number of amides is 2. The topological polar surface area (TPSA) is 61.4 Å². The molecule has 0 bridgehead atoms. The molecule has 1 saturated carbocycles. The van der Waals surface area contributed by atoms with Gasteiger partial charge in [-0.3, -0.25) is 0 Å². The molecule has 1 aliphatic carbocycles. The third kappa shape index (κ3) is 4.35. The second-order valence-corrected chi connectivity index (χ2v) is 6.35. The van der Waals surface area contributed by atoms with Crippen LogP contribution < -0.4 is 10.6 Å². The van der Waals surface area contributed by atoms with Gasteiger partial charge in [0, 0.05) is 30.1 Å². The maximum Gasteiger partial charge on any atom is 0.314 e. The summed E-state index contributed by atoms with van der Waals surface area (Å²) in [6.45, 7) is 3.34. The van der Waals surface area contributed by atoms with Gasteiger partial charge in [-0.1, -0.05) is 36.7 Å². The molecule has 4 nitrogen and oxygen atoms in total. The maximum absolute atomic E-state index is 11.8. The molecule has 3 N–H and O–H groups in total. The third-order valence-electron chi connectivity index (χ3n) is 4.12. The van der Waals surface area contributed by atoms with Crippen molar-refractivity contribution in [1.29, 1.82) is 0 Å². The number of benzene rings is 1. The van der Waals surface area contributed by atoms with Gasteiger partial charge in [-0.2, -0.15) is 0 Å². The van der Waals surface area contributed by atoms with Crippen LogP contribution in [0.3, 0.4) is 0 Å². The van der Waals surface area contributed by atoms with Gasteiger partial charge in [-0.25, -0.2) is 4.79 Å². The lowest BCUT2D eigenvalue weighted by molar-refractivity contribution is 0.233. The van der Waals surface area contributed by atoms with E-state index >= 15 is 0 Å². The third-order valence-corrected chi connectivity index (χ3v) is 4.45. The molecule has 0 aliphatic heterocycles. The first-order chi connectivity index (χ1) is 10.1. The van der Waals surface area contributed by atoms with Gasteiger partial charge in [0.25, 0.3) is 0 Å². The second kappa shape index (κ2) is 7.14. The Morgan fingerprint density at radius 3 is 2.71 bits per heavy atom. The average molecular weight is 311 g/mol. The molecule has 1 aliphatic rings. The van der Waals surface area contributed by atoms with Gasteiger partial charge in [0.2, 0.25) is 0 Å². The molecule has 0 spiro atoms. The standard InChI is InChI=1S/C16H23ClN2O2/c1-12(6-9-20)10-18-15(21)19-11-16(7-8-16)13-4-2-3-5-14(13)17/h2-5,12,20H,6-11H2,1H3,(H2,18,19,21). The van der Waals surface area contributed by atoms with Crippen LogP contribution in [0.5, 0.6) is 0 Å². The van der Waals surface area contributed by atoms with E-state index < -0.39 is 0 Å². The highest BCUT2D eigenvalue weighted by Crippen LogP contribution is 2.49. The van der Waals surface area contributed by atoms with Crippen LogP contribution in [0.15, 0.2) is 24.3 Å². The number of carbonyl (C=O) groups is 1. The summed E-state index contributed by atoms with van der Waals surface area (Å²) < 4.78 is 0. The summed E-state index contributed by atoms with van der Waals surface area (Å²) in [5, 5.41) is 15.4. The normalized spacial score (nSPS) is 17.1. The Labute approximate surface area is 130 Å². The van der Waals surface area contributed by atoms with Crippen molar-refractivity contribution in [3.63, 3.8) is 0 Å². The molecule has 0 radical (unpaired) electrons. The number of aliphatic hydroxyl groups is 1. The number of hydrogen-bond donors (Lipinski definition) is 3. The van der Waals surface area contributed by atoms with Crippen LogP contribution in [0.2, 0.25) is 5.02 Å². The van der Waals surface area contributed by atoms with E-state index in [0.29, 0.717) is 19.5 Å². The van der Waals surface area contributed by atoms with Crippen LogP contribution in [0.4, 0.5) is 4.79 Å². The molecule has 0 saturated heterocycles. The van der Waals surface area contributed by atoms with Crippen LogP contribution in [0.25, 0.3) is 0 Å². The average Bonchev–Trinajstić information content (AvgIpc) is 3.25. The molecule has 1 atom stereocenters. The Bertz CT molecular complexity index is 489. The lowest BCUT2D eigenvalue weighted by atomic mass is 9.96. The summed E-state index contributed by atoms with van der Waals surface area (Å²) in [5.41, 5.74) is 1.13. The molecule has 2 amide bonds. The summed E-state index contributed by atoms with van der Waals surface area (Å²) in [6.07, 6.45) is 2.81. The van der Waals surface area contributed by atoms with E-state index in [2.05, 4.69) is 10.6 Å². The Hall–Kier alpha value is -1.26. The second-order valence-electron chi connectivity index (χ2n) is 5.94. The Morgan fingerprint density at radius 2 is 2.10 bits per heavy atom. The van der Waals surface area contributed by atoms with Crippen molar-refractivity contribution in [2.24, 2.45) is 5.92 Å². The first kappa shape index (κ1) is 16.1. The zero-order valence-corrected chi connectivity index (χ0v) is 13.1. The van der Waals surface area contributed by atoms with Gasteiger partial charge in [-0.05, 0) is 36.8 Å². The largest absolute Gasteiger partial charge is 0.396 e. The van der Waals surface area contributed by atoms with Crippen molar-refractivity contribution in [3.05, 3.63) is 34.9 Å². The van der Waals surface area contributed by atoms with Gasteiger partial charge >= 0.3 is 6.03 Å². The quantitative estimate of drug-likeness (QED) is 0.725. The SMILES string of the molecule is CC(CCO)CNC(=O)NCC1(c2ccccc2Cl)CC1. The molecular weight excluding hydrogens is 288 g/mol. The Morgan fingerprint density at radius 1 is 1.38 bits per heavy atom. The highest BCUT2D eigenvalue weighted by atomic mass is 35.5. The van der Waals surface area contributed by atoms with E-state index in [-0.39, 0.29) is 24.0 Å². The molecule has 1 aromatic carbocycles. The molecule has 0 aromatic heterocycles. The fourth-order valence-corrected chi connectivity index (χ4v) is 2.82. The number of rotatable bonds is 7. The zero-order valence-electron chi connectivity index (χ0n) is 12.4. The molecule has 2 rings (SSSR count). The van der Waals surface area contributed by atoms with E-state index in [0.717, 1.165) is 23.4 Å². The summed E-state index contributed by atoms with van der Waals surface area (Å²) in [5.74, 6) is 0.277. The predicted octanol–water partition coefficient (Wildman–Crippen LogP) is 2.69. The van der Waals surface area contributed by atoms with Crippen LogP contribution in [0, 0.1) is 5.92 Å². The maximum atomic E-state index is 11.8. The predicted molar refractivity (Wildman–Crippen MR) is 84.6 cm³/mol. The van der Waals surface area contributed by atoms with Crippen molar-refractivity contribution < 1.29 is 9.90 Å². The Balaban J connectivity index is 1.80. The summed E-state index contributed by atoms with van der Waals surface area (Å²) >= 11 is 6.25. The summed E-state index contributed by atoms with van der Waals surface area (Å²) in [7, 11) is 0. The van der Waals surface area contributed by atoms with Crippen molar-refractivity contribution in [2.75, 3.05) is 19.7 Å². The first-order valence-electron chi connectivity index (χ1n) is 7.45. The lowest BCUT2D eigenvalue weighted by Crippen LogP contribution is -2.41. The smallest absolute Gasteiger partial charge is 0.314 e. The zero-order chi connectivity index (χ0) is 15.3. The van der Waals surface area contributed by atoms with E-state index in [4.69, 9.17) is 16.7 Å². The molecule has 0 heterocycles. The molecule has 1 aromatic rings. The highest BCUT2D eigenvalue weighted by molar-refractivity contribution is 6.31. The lowest BCUT2D eigenvalue weighted by Gasteiger charge is -2.19. The van der Waals surface area contributed by atoms with Gasteiger partial charge in [0.1, 0.15) is 0 Å². The number of hydrogen-bond acceptors (Lipinski definition) is 2. The fourth-order valence-electron chi connectivity index (χ4n) is 2.48. The molecular formula is C16H23ClN2O2. The van der Waals surface area contributed by atoms with Crippen LogP contribution in [-0.4, -0.2) is 30.8 Å². The van der Waals surface area contributed by atoms with Gasteiger partial charge in [0.15, 0.2) is 0 Å². The number of carbonyl (C=O) groups excluding carboxylic acids is 1. The van der Waals surface area contributed by atoms with E-state index in [1.54, 1.807) is 0 Å². The van der Waals surface area contributed by atoms with E-state index in [1.165, 1.54) is 0 Å². The van der Waals surface area contributed by atoms with Gasteiger partial charge in [0.05, 0.1) is 0 Å². The number of aliphatic hydroxyl groups excluding tert-OH is 1. The van der Waals surface area contributed by atoms with Crippen molar-refractivity contribution in [2.45, 2.75) is 31.6 Å². The van der Waals surface area contributed by atoms with Crippen LogP contribution in [0.1, 0.15) is 31.7 Å². The minimum absolute atomic E-state index is 0.00635. The first-order valence-corrected chi connectivity index (χ1v) is 7.83. The fraction of sp³-hybridized carbons (Fsp3) is 0.562. The highest BCUT2D eigenvalue weighted by Gasteiger charge is 2.45. The van der Waals surface area contributed by atoms with E-state index in [1.807, 2.05) is 31.2 Å². The molecule has 1 fully saturated rings. The van der Waals surface area contributed by atoms with Gasteiger partial charge in [-0.15, -0.1) is 0 Å². The summed E-state index contributed by atoms with van der Waals surface area (Å²) in [6, 6.07) is 7.69. The summed E-state index contributed by atoms with van der Waals surface area (Å²) in [4.78, 5) is 11.8. The number of urea groups is 1. The van der Waals surface area contributed by atoms with Crippen molar-refractivity contribution in [3.8, 4) is 0 Å². The monoisotopic (exact) mass is 310 g/mol. The molecule has 5 heteroatoms. The molecule has 116 valence electrons. The van der Waals surface area contributed by atoms with Crippen molar-refractivity contribution in [1.82, 2.24) is 10.6 Å². The minimum Gasteiger partial charge on any atom is -0.396 e. The molecule has 21 heavy (non-hydrogen) atoms. The number of nitrogens with one attached hydrogen (secondary N) is 2. The number of halogens is 1. The van der Waals surface area contributed by atoms with E-state index in [9.17, 15) is 4.79 Å². The minimum atomic E-state index is -0.155. The van der Waals surface area contributed by atoms with Crippen LogP contribution >= 0.6 is 11.6 Å². The Kier molecular flexibility index (Phi) is 5.48. The van der Waals surface area contributed by atoms with Crippen LogP contribution in [-0.2, 0) is 5.41 Å². The molecule has 1 unspecified atom stereocenters. The van der Waals surface area contributed by atoms with Crippen molar-refractivity contribution >= 4 is 17.6 Å².